The Labute approximate surface area is 91.4 Å². The Balaban J connectivity index is 2.49. The van der Waals surface area contributed by atoms with Crippen LogP contribution in [0.1, 0.15) is 46.5 Å². The van der Waals surface area contributed by atoms with E-state index in [0.29, 0.717) is 25.9 Å². The average Bonchev–Trinajstić information content (AvgIpc) is 2.46. The Kier molecular flexibility index (Phi) is 3.51. The Morgan fingerprint density at radius 1 is 1.53 bits per heavy atom. The zero-order valence-electron chi connectivity index (χ0n) is 9.80. The Morgan fingerprint density at radius 3 is 2.60 bits per heavy atom. The van der Waals surface area contributed by atoms with Gasteiger partial charge in [0.05, 0.1) is 11.7 Å². The zero-order chi connectivity index (χ0) is 11.5. The van der Waals surface area contributed by atoms with Crippen molar-refractivity contribution in [3.8, 4) is 6.07 Å². The molecule has 1 atom stereocenters. The number of hydrogen-bond acceptors (Lipinski definition) is 3. The van der Waals surface area contributed by atoms with Gasteiger partial charge in [0.2, 0.25) is 0 Å². The summed E-state index contributed by atoms with van der Waals surface area (Å²) in [4.78, 5) is 11.6. The van der Waals surface area contributed by atoms with E-state index in [1.807, 2.05) is 20.8 Å². The van der Waals surface area contributed by atoms with Crippen LogP contribution in [0.3, 0.4) is 0 Å². The number of Topliss-reactive ketones (excluding diaryl/α,β-unsaturated/α-hetero) is 1. The minimum absolute atomic E-state index is 0.0995. The number of ketones is 1. The van der Waals surface area contributed by atoms with Crippen molar-refractivity contribution in [3.05, 3.63) is 0 Å². The standard InChI is InChI=1S/C12H19NO2/c1-11(2,3)15-8-7-12(9-13)6-4-5-10(12)14/h4-8H2,1-3H3. The lowest BCUT2D eigenvalue weighted by Crippen LogP contribution is -2.28. The molecule has 1 aliphatic rings. The molecule has 3 heteroatoms. The summed E-state index contributed by atoms with van der Waals surface area (Å²) in [5.74, 6) is 0.0995. The van der Waals surface area contributed by atoms with Gasteiger partial charge in [-0.3, -0.25) is 4.79 Å². The predicted molar refractivity (Wildman–Crippen MR) is 57.2 cm³/mol. The van der Waals surface area contributed by atoms with Crippen molar-refractivity contribution in [2.45, 2.75) is 52.1 Å². The first-order valence-corrected chi connectivity index (χ1v) is 5.48. The second kappa shape index (κ2) is 4.32. The predicted octanol–water partition coefficient (Wildman–Crippen LogP) is 2.45. The summed E-state index contributed by atoms with van der Waals surface area (Å²) in [5.41, 5.74) is -0.941. The second-order valence-corrected chi connectivity index (χ2v) is 5.18. The molecule has 0 aromatic heterocycles. The molecule has 0 bridgehead atoms. The molecule has 1 rings (SSSR count). The van der Waals surface area contributed by atoms with Gasteiger partial charge in [0.15, 0.2) is 5.78 Å². The van der Waals surface area contributed by atoms with Crippen molar-refractivity contribution >= 4 is 5.78 Å². The molecule has 0 aromatic carbocycles. The van der Waals surface area contributed by atoms with Gasteiger partial charge in [0.1, 0.15) is 5.41 Å². The Hall–Kier alpha value is -0.880. The molecule has 0 aliphatic heterocycles. The summed E-state index contributed by atoms with van der Waals surface area (Å²) in [5, 5.41) is 9.09. The van der Waals surface area contributed by atoms with Crippen molar-refractivity contribution in [3.63, 3.8) is 0 Å². The fraction of sp³-hybridized carbons (Fsp3) is 0.833. The van der Waals surface area contributed by atoms with E-state index in [-0.39, 0.29) is 11.4 Å². The van der Waals surface area contributed by atoms with Crippen LogP contribution in [0.25, 0.3) is 0 Å². The van der Waals surface area contributed by atoms with Crippen molar-refractivity contribution in [1.82, 2.24) is 0 Å². The van der Waals surface area contributed by atoms with Crippen LogP contribution in [-0.2, 0) is 9.53 Å². The molecule has 1 aliphatic carbocycles. The van der Waals surface area contributed by atoms with Gasteiger partial charge >= 0.3 is 0 Å². The van der Waals surface area contributed by atoms with Gasteiger partial charge in [-0.2, -0.15) is 5.26 Å². The maximum Gasteiger partial charge on any atom is 0.153 e. The van der Waals surface area contributed by atoms with Crippen LogP contribution in [0.5, 0.6) is 0 Å². The minimum Gasteiger partial charge on any atom is -0.376 e. The summed E-state index contributed by atoms with van der Waals surface area (Å²) in [6, 6.07) is 2.18. The van der Waals surface area contributed by atoms with E-state index in [1.165, 1.54) is 0 Å². The number of carbonyl (C=O) groups excluding carboxylic acids is 1. The van der Waals surface area contributed by atoms with E-state index in [1.54, 1.807) is 0 Å². The molecule has 0 N–H and O–H groups in total. The largest absolute Gasteiger partial charge is 0.376 e. The van der Waals surface area contributed by atoms with Gasteiger partial charge in [0.25, 0.3) is 0 Å². The lowest BCUT2D eigenvalue weighted by Gasteiger charge is -2.23. The third-order valence-corrected chi connectivity index (χ3v) is 2.82. The van der Waals surface area contributed by atoms with Crippen LogP contribution in [0.4, 0.5) is 0 Å². The molecule has 0 heterocycles. The maximum absolute atomic E-state index is 11.6. The number of rotatable bonds is 3. The highest BCUT2D eigenvalue weighted by Gasteiger charge is 2.42. The number of nitrogens with zero attached hydrogens (tertiary/aromatic N) is 1. The molecule has 0 saturated heterocycles. The van der Waals surface area contributed by atoms with E-state index < -0.39 is 5.41 Å². The normalized spacial score (nSPS) is 26.7. The molecule has 0 radical (unpaired) electrons. The first-order valence-electron chi connectivity index (χ1n) is 5.48. The highest BCUT2D eigenvalue weighted by Crippen LogP contribution is 2.37. The smallest absolute Gasteiger partial charge is 0.153 e. The molecule has 84 valence electrons. The van der Waals surface area contributed by atoms with Gasteiger partial charge in [-0.15, -0.1) is 0 Å². The number of nitriles is 1. The molecule has 0 amide bonds. The molecule has 15 heavy (non-hydrogen) atoms. The first kappa shape index (κ1) is 12.2. The van der Waals surface area contributed by atoms with Crippen LogP contribution < -0.4 is 0 Å². The third-order valence-electron chi connectivity index (χ3n) is 2.82. The molecule has 1 saturated carbocycles. The Morgan fingerprint density at radius 2 is 2.20 bits per heavy atom. The van der Waals surface area contributed by atoms with Crippen LogP contribution in [-0.4, -0.2) is 18.0 Å². The summed E-state index contributed by atoms with van der Waals surface area (Å²) >= 11 is 0. The number of carbonyl (C=O) groups is 1. The lowest BCUT2D eigenvalue weighted by molar-refractivity contribution is -0.124. The van der Waals surface area contributed by atoms with Crippen LogP contribution in [0.2, 0.25) is 0 Å². The lowest BCUT2D eigenvalue weighted by atomic mass is 9.84. The molecular formula is C12H19NO2. The number of ether oxygens (including phenoxy) is 1. The van der Waals surface area contributed by atoms with E-state index >= 15 is 0 Å². The summed E-state index contributed by atoms with van der Waals surface area (Å²) in [6.45, 7) is 6.41. The summed E-state index contributed by atoms with van der Waals surface area (Å²) < 4.78 is 5.56. The highest BCUT2D eigenvalue weighted by atomic mass is 16.5. The molecule has 3 nitrogen and oxygen atoms in total. The van der Waals surface area contributed by atoms with Crippen LogP contribution >= 0.6 is 0 Å². The number of hydrogen-bond donors (Lipinski definition) is 0. The van der Waals surface area contributed by atoms with E-state index in [2.05, 4.69) is 6.07 Å². The molecule has 1 unspecified atom stereocenters. The quantitative estimate of drug-likeness (QED) is 0.717. The zero-order valence-corrected chi connectivity index (χ0v) is 9.80. The summed E-state index contributed by atoms with van der Waals surface area (Å²) in [7, 11) is 0. The van der Waals surface area contributed by atoms with Crippen LogP contribution in [0, 0.1) is 16.7 Å². The molecular weight excluding hydrogens is 190 g/mol. The minimum atomic E-state index is -0.745. The SMILES string of the molecule is CC(C)(C)OCCC1(C#N)CCCC1=O. The molecule has 0 spiro atoms. The molecule has 0 aromatic rings. The van der Waals surface area contributed by atoms with Crippen molar-refractivity contribution in [1.29, 1.82) is 5.26 Å². The first-order chi connectivity index (χ1) is 6.90. The fourth-order valence-electron chi connectivity index (χ4n) is 1.90. The van der Waals surface area contributed by atoms with Crippen molar-refractivity contribution < 1.29 is 9.53 Å². The van der Waals surface area contributed by atoms with E-state index in [9.17, 15) is 4.79 Å². The average molecular weight is 209 g/mol. The monoisotopic (exact) mass is 209 g/mol. The second-order valence-electron chi connectivity index (χ2n) is 5.18. The van der Waals surface area contributed by atoms with Gasteiger partial charge in [-0.25, -0.2) is 0 Å². The highest BCUT2D eigenvalue weighted by molar-refractivity contribution is 5.89. The third kappa shape index (κ3) is 3.04. The van der Waals surface area contributed by atoms with Gasteiger partial charge in [-0.1, -0.05) is 0 Å². The van der Waals surface area contributed by atoms with Gasteiger partial charge in [0, 0.05) is 13.0 Å². The fourth-order valence-corrected chi connectivity index (χ4v) is 1.90. The Bertz CT molecular complexity index is 285. The van der Waals surface area contributed by atoms with E-state index in [0.717, 1.165) is 6.42 Å². The van der Waals surface area contributed by atoms with Crippen LogP contribution in [0.15, 0.2) is 0 Å². The van der Waals surface area contributed by atoms with Gasteiger partial charge in [-0.05, 0) is 40.0 Å². The van der Waals surface area contributed by atoms with E-state index in [4.69, 9.17) is 10.00 Å². The topological polar surface area (TPSA) is 50.1 Å². The van der Waals surface area contributed by atoms with Gasteiger partial charge < -0.3 is 4.74 Å². The van der Waals surface area contributed by atoms with Crippen molar-refractivity contribution in [2.24, 2.45) is 5.41 Å². The summed E-state index contributed by atoms with van der Waals surface area (Å²) in [6.07, 6.45) is 2.65. The molecule has 1 fully saturated rings. The van der Waals surface area contributed by atoms with Crippen molar-refractivity contribution in [2.75, 3.05) is 6.61 Å². The maximum atomic E-state index is 11.6.